The molecule has 0 saturated heterocycles. The number of furan rings is 1. The molecule has 11 rings (SSSR count). The van der Waals surface area contributed by atoms with E-state index in [0.29, 0.717) is 5.89 Å². The molecule has 2 aromatic heterocycles. The number of anilines is 3. The molecule has 0 radical (unpaired) electrons. The van der Waals surface area contributed by atoms with Crippen molar-refractivity contribution in [2.75, 3.05) is 4.90 Å². The number of fused-ring (bicyclic) bond motifs is 4. The molecule has 0 N–H and O–H groups in total. The molecule has 278 valence electrons. The van der Waals surface area contributed by atoms with Gasteiger partial charge in [-0.05, 0) is 111 Å². The molecule has 59 heavy (non-hydrogen) atoms. The number of benzene rings is 9. The molecule has 0 spiro atoms. The maximum Gasteiger partial charge on any atom is 0.227 e. The van der Waals surface area contributed by atoms with E-state index >= 15 is 0 Å². The van der Waals surface area contributed by atoms with Gasteiger partial charge in [0.05, 0.1) is 0 Å². The summed E-state index contributed by atoms with van der Waals surface area (Å²) < 4.78 is 12.6. The Balaban J connectivity index is 0.976. The molecule has 0 bridgehead atoms. The van der Waals surface area contributed by atoms with Gasteiger partial charge < -0.3 is 13.7 Å². The molecule has 0 unspecified atom stereocenters. The van der Waals surface area contributed by atoms with Crippen molar-refractivity contribution in [3.63, 3.8) is 0 Å². The minimum absolute atomic E-state index is 0.604. The van der Waals surface area contributed by atoms with Crippen LogP contribution < -0.4 is 4.90 Å². The fourth-order valence-electron chi connectivity index (χ4n) is 8.16. The minimum atomic E-state index is 0.604. The molecule has 0 fully saturated rings. The SMILES string of the molecule is c1ccc(-c2ccc(N(c3ccc(-c4ccc5c(c4)oc4cc6nc(-c7ccccc7)oc6cc45)cc3)c3ccc(-c4ccccc4)c(-c4ccccc4)c3)cc2)cc1. The Morgan fingerprint density at radius 2 is 0.797 bits per heavy atom. The summed E-state index contributed by atoms with van der Waals surface area (Å²) >= 11 is 0. The van der Waals surface area contributed by atoms with E-state index in [9.17, 15) is 0 Å². The van der Waals surface area contributed by atoms with Gasteiger partial charge in [-0.25, -0.2) is 4.98 Å². The molecular weight excluding hydrogens is 721 g/mol. The van der Waals surface area contributed by atoms with Crippen LogP contribution in [0.5, 0.6) is 0 Å². The van der Waals surface area contributed by atoms with Crippen LogP contribution in [-0.2, 0) is 0 Å². The lowest BCUT2D eigenvalue weighted by Gasteiger charge is -2.27. The first-order valence-corrected chi connectivity index (χ1v) is 19.9. The largest absolute Gasteiger partial charge is 0.456 e. The predicted octanol–water partition coefficient (Wildman–Crippen LogP) is 15.5. The first-order valence-electron chi connectivity index (χ1n) is 19.9. The standard InChI is InChI=1S/C55H36N2O2/c1-5-13-37(14-6-1)38-21-26-44(27-22-38)57(46-30-32-47(40-15-7-2-8-16-40)49(34-46)41-17-9-3-10-18-41)45-28-23-39(24-29-45)43-25-31-48-50-35-54-51(36-53(50)58-52(48)33-43)56-55(59-54)42-19-11-4-12-20-42/h1-36H. The Labute approximate surface area is 341 Å². The summed E-state index contributed by atoms with van der Waals surface area (Å²) in [6, 6.07) is 76.7. The summed E-state index contributed by atoms with van der Waals surface area (Å²) in [6.07, 6.45) is 0. The van der Waals surface area contributed by atoms with E-state index in [0.717, 1.165) is 66.8 Å². The van der Waals surface area contributed by atoms with Gasteiger partial charge in [0.25, 0.3) is 0 Å². The van der Waals surface area contributed by atoms with Crippen molar-refractivity contribution in [2.24, 2.45) is 0 Å². The highest BCUT2D eigenvalue weighted by Crippen LogP contribution is 2.42. The molecule has 0 atom stereocenters. The zero-order valence-corrected chi connectivity index (χ0v) is 32.0. The molecule has 0 aliphatic carbocycles. The summed E-state index contributed by atoms with van der Waals surface area (Å²) in [5, 5.41) is 2.05. The Hall–Kier alpha value is -7.95. The van der Waals surface area contributed by atoms with E-state index in [1.54, 1.807) is 0 Å². The second-order valence-corrected chi connectivity index (χ2v) is 14.8. The lowest BCUT2D eigenvalue weighted by atomic mass is 9.93. The van der Waals surface area contributed by atoms with E-state index in [1.807, 2.05) is 42.5 Å². The van der Waals surface area contributed by atoms with Crippen molar-refractivity contribution >= 4 is 50.1 Å². The number of oxazole rings is 1. The highest BCUT2D eigenvalue weighted by Gasteiger charge is 2.18. The van der Waals surface area contributed by atoms with Crippen molar-refractivity contribution in [2.45, 2.75) is 0 Å². The third-order valence-corrected chi connectivity index (χ3v) is 11.1. The normalized spacial score (nSPS) is 11.4. The summed E-state index contributed by atoms with van der Waals surface area (Å²) in [5.74, 6) is 0.604. The van der Waals surface area contributed by atoms with Crippen LogP contribution in [-0.4, -0.2) is 4.98 Å². The van der Waals surface area contributed by atoms with E-state index in [-0.39, 0.29) is 0 Å². The molecule has 9 aromatic carbocycles. The van der Waals surface area contributed by atoms with Gasteiger partial charge in [0.2, 0.25) is 5.89 Å². The number of nitrogens with zero attached hydrogens (tertiary/aromatic N) is 2. The lowest BCUT2D eigenvalue weighted by Crippen LogP contribution is -2.10. The highest BCUT2D eigenvalue weighted by atomic mass is 16.4. The van der Waals surface area contributed by atoms with Crippen LogP contribution in [0.1, 0.15) is 0 Å². The second-order valence-electron chi connectivity index (χ2n) is 14.8. The van der Waals surface area contributed by atoms with Crippen LogP contribution in [0.2, 0.25) is 0 Å². The van der Waals surface area contributed by atoms with Gasteiger partial charge in [-0.3, -0.25) is 0 Å². The minimum Gasteiger partial charge on any atom is -0.456 e. The molecule has 0 aliphatic heterocycles. The van der Waals surface area contributed by atoms with Crippen LogP contribution in [0, 0.1) is 0 Å². The first-order chi connectivity index (χ1) is 29.2. The van der Waals surface area contributed by atoms with Crippen molar-refractivity contribution in [3.05, 3.63) is 218 Å². The summed E-state index contributed by atoms with van der Waals surface area (Å²) in [5.41, 5.74) is 16.5. The fraction of sp³-hybridized carbons (Fsp3) is 0. The van der Waals surface area contributed by atoms with Gasteiger partial charge in [-0.2, -0.15) is 0 Å². The summed E-state index contributed by atoms with van der Waals surface area (Å²) in [7, 11) is 0. The van der Waals surface area contributed by atoms with E-state index in [1.165, 1.54) is 33.4 Å². The monoisotopic (exact) mass is 756 g/mol. The molecular formula is C55H36N2O2. The molecule has 11 aromatic rings. The third-order valence-electron chi connectivity index (χ3n) is 11.1. The number of aromatic nitrogens is 1. The van der Waals surface area contributed by atoms with Crippen LogP contribution in [0.3, 0.4) is 0 Å². The Morgan fingerprint density at radius 3 is 1.42 bits per heavy atom. The van der Waals surface area contributed by atoms with Crippen LogP contribution in [0.15, 0.2) is 227 Å². The fourth-order valence-corrected chi connectivity index (χ4v) is 8.16. The second kappa shape index (κ2) is 14.5. The molecule has 0 saturated carbocycles. The number of rotatable bonds is 8. The molecule has 4 nitrogen and oxygen atoms in total. The molecule has 2 heterocycles. The number of hydrogen-bond donors (Lipinski definition) is 0. The van der Waals surface area contributed by atoms with E-state index in [2.05, 4.69) is 181 Å². The Morgan fingerprint density at radius 1 is 0.305 bits per heavy atom. The van der Waals surface area contributed by atoms with Gasteiger partial charge in [0.15, 0.2) is 5.58 Å². The average Bonchev–Trinajstić information content (AvgIpc) is 3.90. The number of hydrogen-bond acceptors (Lipinski definition) is 4. The predicted molar refractivity (Wildman–Crippen MR) is 243 cm³/mol. The molecule has 0 aliphatic rings. The van der Waals surface area contributed by atoms with Gasteiger partial charge in [-0.15, -0.1) is 0 Å². The maximum atomic E-state index is 6.46. The zero-order chi connectivity index (χ0) is 39.1. The van der Waals surface area contributed by atoms with Gasteiger partial charge in [-0.1, -0.05) is 146 Å². The van der Waals surface area contributed by atoms with E-state index < -0.39 is 0 Å². The zero-order valence-electron chi connectivity index (χ0n) is 32.0. The molecule has 4 heteroatoms. The first kappa shape index (κ1) is 34.3. The average molecular weight is 757 g/mol. The topological polar surface area (TPSA) is 42.4 Å². The third kappa shape index (κ3) is 6.43. The van der Waals surface area contributed by atoms with Crippen molar-refractivity contribution in [1.82, 2.24) is 4.98 Å². The van der Waals surface area contributed by atoms with Crippen molar-refractivity contribution in [1.29, 1.82) is 0 Å². The van der Waals surface area contributed by atoms with Crippen molar-refractivity contribution < 1.29 is 8.83 Å². The van der Waals surface area contributed by atoms with Crippen LogP contribution >= 0.6 is 0 Å². The van der Waals surface area contributed by atoms with Crippen LogP contribution in [0.4, 0.5) is 17.1 Å². The quantitative estimate of drug-likeness (QED) is 0.155. The Bertz CT molecular complexity index is 3230. The highest BCUT2D eigenvalue weighted by molar-refractivity contribution is 6.09. The van der Waals surface area contributed by atoms with Crippen molar-refractivity contribution in [3.8, 4) is 56.0 Å². The molecule has 0 amide bonds. The lowest BCUT2D eigenvalue weighted by molar-refractivity contribution is 0.620. The Kier molecular flexibility index (Phi) is 8.45. The van der Waals surface area contributed by atoms with Gasteiger partial charge in [0.1, 0.15) is 16.7 Å². The summed E-state index contributed by atoms with van der Waals surface area (Å²) in [6.45, 7) is 0. The van der Waals surface area contributed by atoms with E-state index in [4.69, 9.17) is 13.8 Å². The maximum absolute atomic E-state index is 6.46. The van der Waals surface area contributed by atoms with Gasteiger partial charge >= 0.3 is 0 Å². The summed E-state index contributed by atoms with van der Waals surface area (Å²) in [4.78, 5) is 7.10. The van der Waals surface area contributed by atoms with Crippen LogP contribution in [0.25, 0.3) is 89.0 Å². The van der Waals surface area contributed by atoms with Gasteiger partial charge in [0, 0.05) is 39.5 Å². The smallest absolute Gasteiger partial charge is 0.227 e.